The van der Waals surface area contributed by atoms with Gasteiger partial charge in [0.2, 0.25) is 0 Å². The van der Waals surface area contributed by atoms with Gasteiger partial charge in [-0.15, -0.1) is 0 Å². The molecule has 8 heteroatoms. The molecule has 2 aromatic heterocycles. The maximum Gasteiger partial charge on any atom is 0.411 e. The Kier molecular flexibility index (Phi) is 7.59. The number of aldehydes is 1. The second kappa shape index (κ2) is 10.6. The number of nitrogens with zero attached hydrogens (tertiary/aromatic N) is 3. The molecule has 0 saturated heterocycles. The van der Waals surface area contributed by atoms with Crippen molar-refractivity contribution in [1.29, 1.82) is 0 Å². The highest BCUT2D eigenvalue weighted by molar-refractivity contribution is 5.95. The summed E-state index contributed by atoms with van der Waals surface area (Å²) in [6.07, 6.45) is 3.51. The Morgan fingerprint density at radius 2 is 1.94 bits per heavy atom. The van der Waals surface area contributed by atoms with Gasteiger partial charge in [-0.25, -0.2) is 4.79 Å². The lowest BCUT2D eigenvalue weighted by Crippen LogP contribution is -2.17. The molecule has 0 bridgehead atoms. The molecule has 0 aliphatic rings. The number of amides is 1. The van der Waals surface area contributed by atoms with E-state index in [9.17, 15) is 9.59 Å². The molecule has 3 aromatic rings. The molecule has 1 amide bonds. The zero-order valence-electron chi connectivity index (χ0n) is 18.7. The number of rotatable bonds is 9. The number of carbonyl (C=O) groups excluding carboxylic acids is 2. The maximum atomic E-state index is 12.0. The molecule has 0 atom stereocenters. The third kappa shape index (κ3) is 5.51. The van der Waals surface area contributed by atoms with Gasteiger partial charge in [0.05, 0.1) is 29.2 Å². The average molecular weight is 437 g/mol. The van der Waals surface area contributed by atoms with Crippen LogP contribution in [0.5, 0.6) is 5.75 Å². The van der Waals surface area contributed by atoms with Crippen molar-refractivity contribution in [1.82, 2.24) is 14.8 Å². The fourth-order valence-corrected chi connectivity index (χ4v) is 3.14. The molecule has 168 valence electrons. The predicted octanol–water partition coefficient (Wildman–Crippen LogP) is 5.12. The van der Waals surface area contributed by atoms with E-state index in [1.54, 1.807) is 30.6 Å². The summed E-state index contributed by atoms with van der Waals surface area (Å²) in [5.74, 6) is 0.565. The standard InChI is InChI=1S/C24H28N4O4/c1-16(2)14-32-24(30)27-20-8-5-9-22(19(20)13-29)31-15-18-7-6-11-25-23(18)21-10-12-26-28(21)17(3)4/h5-13,16-17H,14-15H2,1-4H3,(H,27,30). The van der Waals surface area contributed by atoms with E-state index in [0.29, 0.717) is 17.7 Å². The molecule has 0 saturated carbocycles. The number of nitrogens with one attached hydrogen (secondary N) is 1. The summed E-state index contributed by atoms with van der Waals surface area (Å²) >= 11 is 0. The predicted molar refractivity (Wildman–Crippen MR) is 122 cm³/mol. The van der Waals surface area contributed by atoms with Gasteiger partial charge in [-0.2, -0.15) is 5.10 Å². The minimum absolute atomic E-state index is 0.177. The van der Waals surface area contributed by atoms with Crippen LogP contribution in [0.1, 0.15) is 49.7 Å². The van der Waals surface area contributed by atoms with Crippen molar-refractivity contribution >= 4 is 18.1 Å². The first-order valence-electron chi connectivity index (χ1n) is 10.5. The molecule has 8 nitrogen and oxygen atoms in total. The number of hydrogen-bond donors (Lipinski definition) is 1. The number of pyridine rings is 1. The normalized spacial score (nSPS) is 10.9. The van der Waals surface area contributed by atoms with Crippen LogP contribution in [-0.2, 0) is 11.3 Å². The molecule has 1 N–H and O–H groups in total. The summed E-state index contributed by atoms with van der Waals surface area (Å²) in [6.45, 7) is 8.47. The first-order chi connectivity index (χ1) is 15.4. The van der Waals surface area contributed by atoms with Crippen LogP contribution in [0.2, 0.25) is 0 Å². The van der Waals surface area contributed by atoms with Gasteiger partial charge in [0.1, 0.15) is 12.4 Å². The smallest absolute Gasteiger partial charge is 0.411 e. The van der Waals surface area contributed by atoms with Crippen LogP contribution in [0.15, 0.2) is 48.8 Å². The van der Waals surface area contributed by atoms with Gasteiger partial charge < -0.3 is 9.47 Å². The molecule has 3 rings (SSSR count). The minimum atomic E-state index is -0.615. The molecule has 0 aliphatic carbocycles. The zero-order valence-corrected chi connectivity index (χ0v) is 18.7. The Bertz CT molecular complexity index is 1080. The van der Waals surface area contributed by atoms with Gasteiger partial charge in [0, 0.05) is 24.0 Å². The lowest BCUT2D eigenvalue weighted by atomic mass is 10.1. The summed E-state index contributed by atoms with van der Waals surface area (Å²) < 4.78 is 13.0. The highest BCUT2D eigenvalue weighted by Gasteiger charge is 2.16. The van der Waals surface area contributed by atoms with E-state index < -0.39 is 6.09 Å². The third-order valence-electron chi connectivity index (χ3n) is 4.64. The first kappa shape index (κ1) is 23.0. The second-order valence-electron chi connectivity index (χ2n) is 8.01. The van der Waals surface area contributed by atoms with Crippen LogP contribution in [0.4, 0.5) is 10.5 Å². The number of aromatic nitrogens is 3. The van der Waals surface area contributed by atoms with E-state index in [0.717, 1.165) is 17.0 Å². The molecular weight excluding hydrogens is 408 g/mol. The SMILES string of the molecule is CC(C)COC(=O)Nc1cccc(OCc2cccnc2-c2ccnn2C(C)C)c1C=O. The van der Waals surface area contributed by atoms with Crippen molar-refractivity contribution in [2.24, 2.45) is 5.92 Å². The summed E-state index contributed by atoms with van der Waals surface area (Å²) in [5, 5.41) is 6.99. The molecular formula is C24H28N4O4. The van der Waals surface area contributed by atoms with Crippen molar-refractivity contribution in [2.75, 3.05) is 11.9 Å². The number of carbonyl (C=O) groups is 2. The molecule has 0 unspecified atom stereocenters. The Hall–Kier alpha value is -3.68. The van der Waals surface area contributed by atoms with Crippen molar-refractivity contribution in [2.45, 2.75) is 40.3 Å². The van der Waals surface area contributed by atoms with Crippen molar-refractivity contribution in [3.63, 3.8) is 0 Å². The third-order valence-corrected chi connectivity index (χ3v) is 4.64. The van der Waals surface area contributed by atoms with Crippen LogP contribution in [0, 0.1) is 5.92 Å². The Morgan fingerprint density at radius 3 is 2.66 bits per heavy atom. The summed E-state index contributed by atoms with van der Waals surface area (Å²) in [6, 6.07) is 10.9. The van der Waals surface area contributed by atoms with Crippen LogP contribution in [0.25, 0.3) is 11.4 Å². The summed E-state index contributed by atoms with van der Waals surface area (Å²) in [4.78, 5) is 28.3. The highest BCUT2D eigenvalue weighted by Crippen LogP contribution is 2.28. The number of hydrogen-bond acceptors (Lipinski definition) is 6. The molecule has 2 heterocycles. The summed E-state index contributed by atoms with van der Waals surface area (Å²) in [7, 11) is 0. The van der Waals surface area contributed by atoms with Gasteiger partial charge in [0.25, 0.3) is 0 Å². The Morgan fingerprint density at radius 1 is 1.12 bits per heavy atom. The monoisotopic (exact) mass is 436 g/mol. The summed E-state index contributed by atoms with van der Waals surface area (Å²) in [5.41, 5.74) is 3.07. The van der Waals surface area contributed by atoms with Gasteiger partial charge in [0.15, 0.2) is 6.29 Å². The molecule has 0 aliphatic heterocycles. The number of ether oxygens (including phenoxy) is 2. The second-order valence-corrected chi connectivity index (χ2v) is 8.01. The van der Waals surface area contributed by atoms with Crippen molar-refractivity contribution in [3.8, 4) is 17.1 Å². The van der Waals surface area contributed by atoms with Crippen molar-refractivity contribution in [3.05, 3.63) is 59.9 Å². The van der Waals surface area contributed by atoms with E-state index in [2.05, 4.69) is 29.2 Å². The topological polar surface area (TPSA) is 95.3 Å². The van der Waals surface area contributed by atoms with Crippen LogP contribution < -0.4 is 10.1 Å². The fraction of sp³-hybridized carbons (Fsp3) is 0.333. The largest absolute Gasteiger partial charge is 0.488 e. The van der Waals surface area contributed by atoms with Crippen molar-refractivity contribution < 1.29 is 19.1 Å². The molecule has 0 radical (unpaired) electrons. The highest BCUT2D eigenvalue weighted by atomic mass is 16.5. The van der Waals surface area contributed by atoms with Gasteiger partial charge in [-0.1, -0.05) is 26.0 Å². The van der Waals surface area contributed by atoms with E-state index in [1.165, 1.54) is 0 Å². The van der Waals surface area contributed by atoms with E-state index in [-0.39, 0.29) is 30.7 Å². The van der Waals surface area contributed by atoms with Crippen LogP contribution in [0.3, 0.4) is 0 Å². The lowest BCUT2D eigenvalue weighted by Gasteiger charge is -2.16. The first-order valence-corrected chi connectivity index (χ1v) is 10.5. The lowest BCUT2D eigenvalue weighted by molar-refractivity contribution is 0.112. The van der Waals surface area contributed by atoms with E-state index >= 15 is 0 Å². The van der Waals surface area contributed by atoms with Crippen LogP contribution >= 0.6 is 0 Å². The van der Waals surface area contributed by atoms with Gasteiger partial charge in [-0.3, -0.25) is 19.8 Å². The Labute approximate surface area is 187 Å². The van der Waals surface area contributed by atoms with E-state index in [4.69, 9.17) is 9.47 Å². The zero-order chi connectivity index (χ0) is 23.1. The molecule has 0 fully saturated rings. The average Bonchev–Trinajstić information content (AvgIpc) is 3.26. The molecule has 32 heavy (non-hydrogen) atoms. The molecule has 0 spiro atoms. The van der Waals surface area contributed by atoms with Crippen LogP contribution in [-0.4, -0.2) is 33.8 Å². The quantitative estimate of drug-likeness (QED) is 0.468. The molecule has 1 aromatic carbocycles. The maximum absolute atomic E-state index is 12.0. The Balaban J connectivity index is 1.80. The minimum Gasteiger partial charge on any atom is -0.488 e. The van der Waals surface area contributed by atoms with Gasteiger partial charge in [-0.05, 0) is 44.0 Å². The van der Waals surface area contributed by atoms with Gasteiger partial charge >= 0.3 is 6.09 Å². The number of anilines is 1. The fourth-order valence-electron chi connectivity index (χ4n) is 3.14. The number of benzene rings is 1. The van der Waals surface area contributed by atoms with E-state index in [1.807, 2.05) is 36.7 Å².